The Morgan fingerprint density at radius 1 is 1.28 bits per heavy atom. The number of benzene rings is 2. The van der Waals surface area contributed by atoms with Crippen LogP contribution in [-0.2, 0) is 17.6 Å². The average molecular weight is 402 g/mol. The van der Waals surface area contributed by atoms with Crippen molar-refractivity contribution in [1.82, 2.24) is 0 Å². The van der Waals surface area contributed by atoms with E-state index in [1.807, 2.05) is 36.4 Å². The number of aryl methyl sites for hydroxylation is 1. The van der Waals surface area contributed by atoms with E-state index < -0.39 is 0 Å². The van der Waals surface area contributed by atoms with E-state index in [-0.39, 0.29) is 12.5 Å². The number of ether oxygens (including phenoxy) is 1. The minimum atomic E-state index is -0.185. The van der Waals surface area contributed by atoms with E-state index in [1.165, 1.54) is 12.0 Å². The summed E-state index contributed by atoms with van der Waals surface area (Å²) in [5, 5.41) is 2.88. The average Bonchev–Trinajstić information content (AvgIpc) is 2.61. The molecular formula is C21H24BrNO2. The first kappa shape index (κ1) is 19.3. The molecule has 1 N–H and O–H groups in total. The maximum Gasteiger partial charge on any atom is 0.262 e. The minimum absolute atomic E-state index is 0.0296. The van der Waals surface area contributed by atoms with Gasteiger partial charge >= 0.3 is 0 Å². The lowest BCUT2D eigenvalue weighted by Gasteiger charge is -2.12. The Kier molecular flexibility index (Phi) is 7.74. The molecule has 0 spiro atoms. The van der Waals surface area contributed by atoms with Crippen molar-refractivity contribution in [3.63, 3.8) is 0 Å². The first-order chi connectivity index (χ1) is 12.1. The van der Waals surface area contributed by atoms with Crippen LogP contribution >= 0.6 is 15.9 Å². The molecule has 4 heteroatoms. The number of unbranched alkanes of at least 4 members (excludes halogenated alkanes) is 1. The van der Waals surface area contributed by atoms with Gasteiger partial charge in [-0.25, -0.2) is 0 Å². The van der Waals surface area contributed by atoms with Gasteiger partial charge in [0.05, 0.1) is 5.69 Å². The van der Waals surface area contributed by atoms with Crippen LogP contribution in [0.4, 0.5) is 5.69 Å². The van der Waals surface area contributed by atoms with Crippen molar-refractivity contribution < 1.29 is 9.53 Å². The van der Waals surface area contributed by atoms with E-state index in [9.17, 15) is 4.79 Å². The van der Waals surface area contributed by atoms with Gasteiger partial charge in [0.15, 0.2) is 6.61 Å². The third-order valence-electron chi connectivity index (χ3n) is 3.82. The molecule has 0 unspecified atom stereocenters. The number of nitrogens with one attached hydrogen (secondary N) is 1. The number of halogens is 1. The number of rotatable bonds is 9. The van der Waals surface area contributed by atoms with Crippen molar-refractivity contribution in [3.05, 3.63) is 70.7 Å². The summed E-state index contributed by atoms with van der Waals surface area (Å²) in [4.78, 5) is 12.2. The molecule has 0 saturated heterocycles. The molecule has 132 valence electrons. The fourth-order valence-electron chi connectivity index (χ4n) is 2.49. The molecule has 1 amide bonds. The summed E-state index contributed by atoms with van der Waals surface area (Å²) in [5.41, 5.74) is 3.04. The zero-order valence-electron chi connectivity index (χ0n) is 14.6. The van der Waals surface area contributed by atoms with Gasteiger partial charge < -0.3 is 10.1 Å². The summed E-state index contributed by atoms with van der Waals surface area (Å²) in [5.74, 6) is 0.530. The Hall–Kier alpha value is -2.07. The predicted molar refractivity (Wildman–Crippen MR) is 107 cm³/mol. The maximum absolute atomic E-state index is 12.2. The van der Waals surface area contributed by atoms with Crippen molar-refractivity contribution in [2.24, 2.45) is 0 Å². The van der Waals surface area contributed by atoms with Gasteiger partial charge in [-0.05, 0) is 64.5 Å². The van der Waals surface area contributed by atoms with Crippen LogP contribution in [0.2, 0.25) is 0 Å². The third kappa shape index (κ3) is 6.05. The normalized spacial score (nSPS) is 10.3. The molecule has 0 atom stereocenters. The van der Waals surface area contributed by atoms with Gasteiger partial charge in [-0.1, -0.05) is 43.7 Å². The standard InChI is InChI=1S/C21H24BrNO2/c1-3-5-9-16-12-13-19(18(22)14-16)23-21(24)15-25-20-11-7-6-10-17(20)8-4-2/h4,6-7,10-14H,2-3,5,8-9,15H2,1H3,(H,23,24). The lowest BCUT2D eigenvalue weighted by Crippen LogP contribution is -2.20. The highest BCUT2D eigenvalue weighted by Crippen LogP contribution is 2.25. The largest absolute Gasteiger partial charge is 0.483 e. The van der Waals surface area contributed by atoms with Crippen molar-refractivity contribution in [2.75, 3.05) is 11.9 Å². The van der Waals surface area contributed by atoms with Crippen LogP contribution in [-0.4, -0.2) is 12.5 Å². The molecule has 2 rings (SSSR count). The van der Waals surface area contributed by atoms with Crippen LogP contribution in [0.3, 0.4) is 0 Å². The Morgan fingerprint density at radius 2 is 2.08 bits per heavy atom. The van der Waals surface area contributed by atoms with Crippen LogP contribution < -0.4 is 10.1 Å². The first-order valence-corrected chi connectivity index (χ1v) is 9.33. The van der Waals surface area contributed by atoms with E-state index in [4.69, 9.17) is 4.74 Å². The van der Waals surface area contributed by atoms with Gasteiger partial charge in [-0.3, -0.25) is 4.79 Å². The number of carbonyl (C=O) groups excluding carboxylic acids is 1. The van der Waals surface area contributed by atoms with E-state index in [0.717, 1.165) is 28.6 Å². The van der Waals surface area contributed by atoms with Crippen LogP contribution in [0.15, 0.2) is 59.6 Å². The third-order valence-corrected chi connectivity index (χ3v) is 4.48. The zero-order valence-corrected chi connectivity index (χ0v) is 16.1. The molecular weight excluding hydrogens is 378 g/mol. The summed E-state index contributed by atoms with van der Waals surface area (Å²) >= 11 is 3.53. The summed E-state index contributed by atoms with van der Waals surface area (Å²) < 4.78 is 6.56. The molecule has 25 heavy (non-hydrogen) atoms. The molecule has 0 radical (unpaired) electrons. The summed E-state index contributed by atoms with van der Waals surface area (Å²) in [7, 11) is 0. The molecule has 0 aliphatic heterocycles. The number of para-hydroxylation sites is 1. The van der Waals surface area contributed by atoms with Crippen LogP contribution in [0.25, 0.3) is 0 Å². The quantitative estimate of drug-likeness (QED) is 0.560. The Morgan fingerprint density at radius 3 is 2.80 bits per heavy atom. The van der Waals surface area contributed by atoms with Crippen LogP contribution in [0.5, 0.6) is 5.75 Å². The van der Waals surface area contributed by atoms with E-state index in [0.29, 0.717) is 12.2 Å². The monoisotopic (exact) mass is 401 g/mol. The lowest BCUT2D eigenvalue weighted by atomic mass is 10.1. The fraction of sp³-hybridized carbons (Fsp3) is 0.286. The van der Waals surface area contributed by atoms with Crippen molar-refractivity contribution in [2.45, 2.75) is 32.6 Å². The number of amides is 1. The summed E-state index contributed by atoms with van der Waals surface area (Å²) in [6.07, 6.45) is 5.91. The van der Waals surface area contributed by atoms with Crippen LogP contribution in [0.1, 0.15) is 30.9 Å². The van der Waals surface area contributed by atoms with E-state index >= 15 is 0 Å². The second-order valence-electron chi connectivity index (χ2n) is 5.86. The molecule has 2 aromatic carbocycles. The molecule has 2 aromatic rings. The second kappa shape index (κ2) is 10.0. The maximum atomic E-state index is 12.2. The SMILES string of the molecule is C=CCc1ccccc1OCC(=O)Nc1ccc(CCCC)cc1Br. The molecule has 0 fully saturated rings. The van der Waals surface area contributed by atoms with Crippen molar-refractivity contribution in [1.29, 1.82) is 0 Å². The first-order valence-electron chi connectivity index (χ1n) is 8.54. The molecule has 0 aliphatic rings. The Bertz CT molecular complexity index is 728. The van der Waals surface area contributed by atoms with Gasteiger partial charge in [0, 0.05) is 4.47 Å². The fourth-order valence-corrected chi connectivity index (χ4v) is 3.02. The Balaban J connectivity index is 1.93. The topological polar surface area (TPSA) is 38.3 Å². The molecule has 3 nitrogen and oxygen atoms in total. The van der Waals surface area contributed by atoms with Crippen molar-refractivity contribution >= 4 is 27.5 Å². The smallest absolute Gasteiger partial charge is 0.262 e. The van der Waals surface area contributed by atoms with Crippen LogP contribution in [0, 0.1) is 0 Å². The lowest BCUT2D eigenvalue weighted by molar-refractivity contribution is -0.118. The van der Waals surface area contributed by atoms with E-state index in [2.05, 4.69) is 46.9 Å². The number of carbonyl (C=O) groups is 1. The molecule has 0 aromatic heterocycles. The highest BCUT2D eigenvalue weighted by molar-refractivity contribution is 9.10. The van der Waals surface area contributed by atoms with Gasteiger partial charge in [0.25, 0.3) is 5.91 Å². The molecule has 0 saturated carbocycles. The van der Waals surface area contributed by atoms with Gasteiger partial charge in [-0.15, -0.1) is 6.58 Å². The Labute approximate surface area is 158 Å². The zero-order chi connectivity index (χ0) is 18.1. The molecule has 0 bridgehead atoms. The van der Waals surface area contributed by atoms with Gasteiger partial charge in [0.1, 0.15) is 5.75 Å². The highest BCUT2D eigenvalue weighted by atomic mass is 79.9. The second-order valence-corrected chi connectivity index (χ2v) is 6.71. The van der Waals surface area contributed by atoms with Gasteiger partial charge in [-0.2, -0.15) is 0 Å². The number of hydrogen-bond acceptors (Lipinski definition) is 2. The number of anilines is 1. The number of allylic oxidation sites excluding steroid dienone is 1. The predicted octanol–water partition coefficient (Wildman–Crippen LogP) is 5.54. The van der Waals surface area contributed by atoms with E-state index in [1.54, 1.807) is 0 Å². The summed E-state index contributed by atoms with van der Waals surface area (Å²) in [6, 6.07) is 13.7. The van der Waals surface area contributed by atoms with Crippen molar-refractivity contribution in [3.8, 4) is 5.75 Å². The molecule has 0 heterocycles. The summed E-state index contributed by atoms with van der Waals surface area (Å²) in [6.45, 7) is 5.89. The van der Waals surface area contributed by atoms with Gasteiger partial charge in [0.2, 0.25) is 0 Å². The minimum Gasteiger partial charge on any atom is -0.483 e. The number of hydrogen-bond donors (Lipinski definition) is 1. The highest BCUT2D eigenvalue weighted by Gasteiger charge is 2.09. The molecule has 0 aliphatic carbocycles.